The van der Waals surface area contributed by atoms with E-state index in [1.807, 2.05) is 19.1 Å². The van der Waals surface area contributed by atoms with E-state index in [9.17, 15) is 4.79 Å². The Morgan fingerprint density at radius 2 is 2.08 bits per heavy atom. The molecule has 8 heteroatoms. The molecule has 3 rings (SSSR count). The zero-order valence-electron chi connectivity index (χ0n) is 13.6. The fraction of sp³-hybridized carbons (Fsp3) is 0.250. The Morgan fingerprint density at radius 1 is 1.25 bits per heavy atom. The summed E-state index contributed by atoms with van der Waals surface area (Å²) in [6.45, 7) is 2.13. The van der Waals surface area contributed by atoms with Crippen LogP contribution in [0.25, 0.3) is 5.78 Å². The number of carbonyl (C=O) groups is 1. The summed E-state index contributed by atoms with van der Waals surface area (Å²) in [4.78, 5) is 20.5. The SMILES string of the molecule is COc1cccc(CNC(=O)c2nc3nccc(C)n3n2)c1OC. The van der Waals surface area contributed by atoms with Crippen LogP contribution in [0.15, 0.2) is 30.5 Å². The predicted molar refractivity (Wildman–Crippen MR) is 86.2 cm³/mol. The van der Waals surface area contributed by atoms with E-state index in [-0.39, 0.29) is 18.3 Å². The number of aromatic nitrogens is 4. The van der Waals surface area contributed by atoms with Crippen molar-refractivity contribution >= 4 is 11.7 Å². The molecule has 0 aliphatic carbocycles. The molecule has 0 bridgehead atoms. The molecule has 1 aromatic carbocycles. The molecule has 0 aliphatic rings. The molecule has 8 nitrogen and oxygen atoms in total. The van der Waals surface area contributed by atoms with Gasteiger partial charge in [-0.05, 0) is 19.1 Å². The maximum absolute atomic E-state index is 12.3. The van der Waals surface area contributed by atoms with Crippen molar-refractivity contribution in [2.24, 2.45) is 0 Å². The van der Waals surface area contributed by atoms with Gasteiger partial charge in [0.15, 0.2) is 11.5 Å². The van der Waals surface area contributed by atoms with Crippen molar-refractivity contribution in [3.05, 3.63) is 47.5 Å². The van der Waals surface area contributed by atoms with Gasteiger partial charge in [-0.3, -0.25) is 4.79 Å². The Morgan fingerprint density at radius 3 is 2.79 bits per heavy atom. The van der Waals surface area contributed by atoms with Crippen molar-refractivity contribution in [2.75, 3.05) is 14.2 Å². The summed E-state index contributed by atoms with van der Waals surface area (Å²) in [6, 6.07) is 7.27. The van der Waals surface area contributed by atoms with Crippen LogP contribution in [0.4, 0.5) is 0 Å². The third-order valence-electron chi connectivity index (χ3n) is 3.56. The number of para-hydroxylation sites is 1. The van der Waals surface area contributed by atoms with E-state index in [2.05, 4.69) is 20.4 Å². The molecule has 2 heterocycles. The number of amides is 1. The van der Waals surface area contributed by atoms with Crippen molar-refractivity contribution in [3.63, 3.8) is 0 Å². The fourth-order valence-electron chi connectivity index (χ4n) is 2.35. The number of rotatable bonds is 5. The Bertz CT molecular complexity index is 891. The number of hydrogen-bond donors (Lipinski definition) is 1. The molecule has 0 saturated heterocycles. The molecule has 2 aromatic heterocycles. The Balaban J connectivity index is 1.79. The average molecular weight is 327 g/mol. The molecule has 0 aliphatic heterocycles. The fourth-order valence-corrected chi connectivity index (χ4v) is 2.35. The summed E-state index contributed by atoms with van der Waals surface area (Å²) in [7, 11) is 3.12. The number of carbonyl (C=O) groups excluding carboxylic acids is 1. The monoisotopic (exact) mass is 327 g/mol. The molecule has 24 heavy (non-hydrogen) atoms. The lowest BCUT2D eigenvalue weighted by atomic mass is 10.2. The van der Waals surface area contributed by atoms with E-state index in [0.29, 0.717) is 17.3 Å². The van der Waals surface area contributed by atoms with Gasteiger partial charge < -0.3 is 14.8 Å². The van der Waals surface area contributed by atoms with Gasteiger partial charge in [0.1, 0.15) is 0 Å². The molecular formula is C16H17N5O3. The average Bonchev–Trinajstić information content (AvgIpc) is 3.05. The maximum Gasteiger partial charge on any atom is 0.291 e. The highest BCUT2D eigenvalue weighted by Crippen LogP contribution is 2.30. The van der Waals surface area contributed by atoms with Crippen LogP contribution in [0.3, 0.4) is 0 Å². The van der Waals surface area contributed by atoms with Gasteiger partial charge >= 0.3 is 0 Å². The largest absolute Gasteiger partial charge is 0.493 e. The standard InChI is InChI=1S/C16H17N5O3/c1-10-7-8-17-16-19-14(20-21(10)16)15(22)18-9-11-5-4-6-12(23-2)13(11)24-3/h4-8H,9H2,1-3H3,(H,18,22). The van der Waals surface area contributed by atoms with Crippen molar-refractivity contribution in [1.29, 1.82) is 0 Å². The van der Waals surface area contributed by atoms with Crippen LogP contribution in [0, 0.1) is 6.92 Å². The second kappa shape index (κ2) is 6.53. The first-order valence-electron chi connectivity index (χ1n) is 7.30. The first kappa shape index (κ1) is 15.7. The molecule has 0 radical (unpaired) electrons. The lowest BCUT2D eigenvalue weighted by molar-refractivity contribution is 0.0940. The van der Waals surface area contributed by atoms with E-state index in [4.69, 9.17) is 9.47 Å². The minimum Gasteiger partial charge on any atom is -0.493 e. The van der Waals surface area contributed by atoms with E-state index in [1.54, 1.807) is 32.5 Å². The molecule has 0 saturated carbocycles. The van der Waals surface area contributed by atoms with Gasteiger partial charge in [0.05, 0.1) is 14.2 Å². The van der Waals surface area contributed by atoms with Crippen LogP contribution >= 0.6 is 0 Å². The maximum atomic E-state index is 12.3. The Labute approximate surface area is 138 Å². The van der Waals surface area contributed by atoms with Gasteiger partial charge in [-0.25, -0.2) is 9.50 Å². The number of hydrogen-bond acceptors (Lipinski definition) is 6. The smallest absolute Gasteiger partial charge is 0.291 e. The summed E-state index contributed by atoms with van der Waals surface area (Å²) >= 11 is 0. The van der Waals surface area contributed by atoms with E-state index >= 15 is 0 Å². The van der Waals surface area contributed by atoms with Crippen molar-refractivity contribution < 1.29 is 14.3 Å². The zero-order valence-corrected chi connectivity index (χ0v) is 13.6. The van der Waals surface area contributed by atoms with Crippen LogP contribution in [-0.4, -0.2) is 39.7 Å². The number of fused-ring (bicyclic) bond motifs is 1. The quantitative estimate of drug-likeness (QED) is 0.761. The number of nitrogens with zero attached hydrogens (tertiary/aromatic N) is 4. The van der Waals surface area contributed by atoms with Crippen molar-refractivity contribution in [3.8, 4) is 11.5 Å². The van der Waals surface area contributed by atoms with Crippen LogP contribution < -0.4 is 14.8 Å². The van der Waals surface area contributed by atoms with Crippen LogP contribution in [0.5, 0.6) is 11.5 Å². The Hall–Kier alpha value is -3.16. The van der Waals surface area contributed by atoms with Gasteiger partial charge in [0, 0.05) is 24.0 Å². The van der Waals surface area contributed by atoms with E-state index in [1.165, 1.54) is 4.52 Å². The van der Waals surface area contributed by atoms with Crippen molar-refractivity contribution in [1.82, 2.24) is 24.9 Å². The second-order valence-corrected chi connectivity index (χ2v) is 5.07. The summed E-state index contributed by atoms with van der Waals surface area (Å²) < 4.78 is 12.1. The summed E-state index contributed by atoms with van der Waals surface area (Å²) in [6.07, 6.45) is 1.63. The first-order chi connectivity index (χ1) is 11.6. The van der Waals surface area contributed by atoms with E-state index in [0.717, 1.165) is 11.3 Å². The number of nitrogens with one attached hydrogen (secondary N) is 1. The highest BCUT2D eigenvalue weighted by atomic mass is 16.5. The van der Waals surface area contributed by atoms with Crippen LogP contribution in [0.2, 0.25) is 0 Å². The predicted octanol–water partition coefficient (Wildman–Crippen LogP) is 1.38. The van der Waals surface area contributed by atoms with Crippen LogP contribution in [-0.2, 0) is 6.54 Å². The number of ether oxygens (including phenoxy) is 2. The molecule has 0 fully saturated rings. The molecule has 124 valence electrons. The van der Waals surface area contributed by atoms with Crippen LogP contribution in [0.1, 0.15) is 21.9 Å². The lowest BCUT2D eigenvalue weighted by Gasteiger charge is -2.12. The molecule has 1 N–H and O–H groups in total. The highest BCUT2D eigenvalue weighted by molar-refractivity contribution is 5.90. The highest BCUT2D eigenvalue weighted by Gasteiger charge is 2.16. The lowest BCUT2D eigenvalue weighted by Crippen LogP contribution is -2.24. The van der Waals surface area contributed by atoms with Gasteiger partial charge in [-0.2, -0.15) is 4.98 Å². The molecule has 0 atom stereocenters. The molecular weight excluding hydrogens is 310 g/mol. The minimum atomic E-state index is -0.384. The molecule has 1 amide bonds. The van der Waals surface area contributed by atoms with Gasteiger partial charge in [-0.15, -0.1) is 5.10 Å². The zero-order chi connectivity index (χ0) is 17.1. The third kappa shape index (κ3) is 2.85. The van der Waals surface area contributed by atoms with Crippen molar-refractivity contribution in [2.45, 2.75) is 13.5 Å². The minimum absolute atomic E-state index is 0.0682. The Kier molecular flexibility index (Phi) is 4.28. The molecule has 0 unspecified atom stereocenters. The normalized spacial score (nSPS) is 10.6. The van der Waals surface area contributed by atoms with E-state index < -0.39 is 0 Å². The summed E-state index contributed by atoms with van der Waals surface area (Å²) in [5.74, 6) is 1.26. The van der Waals surface area contributed by atoms with Gasteiger partial charge in [-0.1, -0.05) is 12.1 Å². The summed E-state index contributed by atoms with van der Waals surface area (Å²) in [5.41, 5.74) is 1.64. The molecule has 3 aromatic rings. The number of methoxy groups -OCH3 is 2. The number of benzene rings is 1. The summed E-state index contributed by atoms with van der Waals surface area (Å²) in [5, 5.41) is 6.96. The van der Waals surface area contributed by atoms with Gasteiger partial charge in [0.2, 0.25) is 5.82 Å². The number of aryl methyl sites for hydroxylation is 1. The topological polar surface area (TPSA) is 90.6 Å². The second-order valence-electron chi connectivity index (χ2n) is 5.07. The molecule has 0 spiro atoms. The first-order valence-corrected chi connectivity index (χ1v) is 7.30. The van der Waals surface area contributed by atoms with Gasteiger partial charge in [0.25, 0.3) is 11.7 Å². The third-order valence-corrected chi connectivity index (χ3v) is 3.56.